The van der Waals surface area contributed by atoms with Gasteiger partial charge in [-0.05, 0) is 56.7 Å². The minimum Gasteiger partial charge on any atom is -0.384 e. The Balaban J connectivity index is 2.57. The molecule has 0 fully saturated rings. The van der Waals surface area contributed by atoms with E-state index in [1.54, 1.807) is 7.11 Å². The Hall–Kier alpha value is -0.140. The van der Waals surface area contributed by atoms with Gasteiger partial charge >= 0.3 is 0 Å². The van der Waals surface area contributed by atoms with Crippen LogP contribution in [0.15, 0.2) is 22.7 Å². The zero-order chi connectivity index (χ0) is 11.3. The maximum atomic E-state index is 11.4. The summed E-state index contributed by atoms with van der Waals surface area (Å²) in [6, 6.07) is 5.69. The molecule has 82 valence electrons. The van der Waals surface area contributed by atoms with E-state index in [4.69, 9.17) is 4.74 Å². The highest BCUT2D eigenvalue weighted by atomic mass is 127. The molecule has 0 atom stereocenters. The maximum absolute atomic E-state index is 11.4. The molecule has 0 heterocycles. The molecule has 0 saturated heterocycles. The summed E-state index contributed by atoms with van der Waals surface area (Å²) in [7, 11) is 1.58. The van der Waals surface area contributed by atoms with E-state index in [0.29, 0.717) is 13.0 Å². The molecule has 1 aromatic carbocycles. The molecule has 0 aliphatic rings. The number of hydrogen-bond acceptors (Lipinski definition) is 2. The molecule has 1 amide bonds. The van der Waals surface area contributed by atoms with E-state index in [1.807, 2.05) is 18.2 Å². The minimum absolute atomic E-state index is 0.0371. The van der Waals surface area contributed by atoms with Gasteiger partial charge in [-0.2, -0.15) is 0 Å². The second kappa shape index (κ2) is 6.44. The summed E-state index contributed by atoms with van der Waals surface area (Å²) in [4.78, 5) is 11.4. The predicted octanol–water partition coefficient (Wildman–Crippen LogP) is 3.03. The first-order valence-electron chi connectivity index (χ1n) is 4.37. The fourth-order valence-electron chi connectivity index (χ4n) is 0.992. The molecule has 0 aliphatic carbocycles. The monoisotopic (exact) mass is 383 g/mol. The van der Waals surface area contributed by atoms with Crippen molar-refractivity contribution in [2.75, 3.05) is 19.0 Å². The molecule has 5 heteroatoms. The standard InChI is InChI=1S/C10H11BrINO2/c1-15-5-4-10(14)13-7-2-3-9(12)8(11)6-7/h2-3,6H,4-5H2,1H3,(H,13,14). The van der Waals surface area contributed by atoms with Crippen molar-refractivity contribution in [3.05, 3.63) is 26.2 Å². The van der Waals surface area contributed by atoms with Crippen molar-refractivity contribution in [1.29, 1.82) is 0 Å². The Morgan fingerprint density at radius 2 is 2.33 bits per heavy atom. The normalized spacial score (nSPS) is 10.1. The van der Waals surface area contributed by atoms with Crippen LogP contribution in [0.4, 0.5) is 5.69 Å². The molecular formula is C10H11BrINO2. The number of methoxy groups -OCH3 is 1. The average molecular weight is 384 g/mol. The summed E-state index contributed by atoms with van der Waals surface area (Å²) < 4.78 is 6.91. The van der Waals surface area contributed by atoms with Crippen LogP contribution in [0, 0.1) is 3.57 Å². The topological polar surface area (TPSA) is 38.3 Å². The van der Waals surface area contributed by atoms with Crippen LogP contribution in [0.1, 0.15) is 6.42 Å². The lowest BCUT2D eigenvalue weighted by Gasteiger charge is -2.05. The van der Waals surface area contributed by atoms with Gasteiger partial charge in [-0.15, -0.1) is 0 Å². The molecule has 1 aromatic rings. The van der Waals surface area contributed by atoms with Crippen LogP contribution < -0.4 is 5.32 Å². The van der Waals surface area contributed by atoms with E-state index in [-0.39, 0.29) is 5.91 Å². The molecule has 15 heavy (non-hydrogen) atoms. The largest absolute Gasteiger partial charge is 0.384 e. The number of halogens is 2. The van der Waals surface area contributed by atoms with Gasteiger partial charge in [0.05, 0.1) is 13.0 Å². The van der Waals surface area contributed by atoms with Gasteiger partial charge in [0, 0.05) is 20.8 Å². The number of carbonyl (C=O) groups excluding carboxylic acids is 1. The van der Waals surface area contributed by atoms with Gasteiger partial charge in [0.25, 0.3) is 0 Å². The molecule has 1 rings (SSSR count). The van der Waals surface area contributed by atoms with Crippen LogP contribution in [0.5, 0.6) is 0 Å². The first-order valence-corrected chi connectivity index (χ1v) is 6.24. The number of anilines is 1. The lowest BCUT2D eigenvalue weighted by Crippen LogP contribution is -2.13. The maximum Gasteiger partial charge on any atom is 0.226 e. The first kappa shape index (κ1) is 12.9. The van der Waals surface area contributed by atoms with Crippen molar-refractivity contribution in [3.63, 3.8) is 0 Å². The number of nitrogens with one attached hydrogen (secondary N) is 1. The SMILES string of the molecule is COCCC(=O)Nc1ccc(I)c(Br)c1. The number of hydrogen-bond donors (Lipinski definition) is 1. The number of rotatable bonds is 4. The van der Waals surface area contributed by atoms with Gasteiger partial charge in [0.15, 0.2) is 0 Å². The van der Waals surface area contributed by atoms with Crippen LogP contribution >= 0.6 is 38.5 Å². The van der Waals surface area contributed by atoms with Gasteiger partial charge in [-0.3, -0.25) is 4.79 Å². The highest BCUT2D eigenvalue weighted by Crippen LogP contribution is 2.22. The smallest absolute Gasteiger partial charge is 0.226 e. The number of carbonyl (C=O) groups is 1. The Bertz CT molecular complexity index is 357. The highest BCUT2D eigenvalue weighted by Gasteiger charge is 2.03. The third-order valence-corrected chi connectivity index (χ3v) is 4.07. The quantitative estimate of drug-likeness (QED) is 0.811. The molecule has 0 aromatic heterocycles. The molecule has 0 saturated carbocycles. The van der Waals surface area contributed by atoms with Crippen LogP contribution in [0.3, 0.4) is 0 Å². The summed E-state index contributed by atoms with van der Waals surface area (Å²) in [6.07, 6.45) is 0.375. The van der Waals surface area contributed by atoms with E-state index in [1.165, 1.54) is 0 Å². The number of amides is 1. The van der Waals surface area contributed by atoms with E-state index < -0.39 is 0 Å². The van der Waals surface area contributed by atoms with Crippen molar-refractivity contribution in [2.45, 2.75) is 6.42 Å². The predicted molar refractivity (Wildman–Crippen MR) is 72.0 cm³/mol. The lowest BCUT2D eigenvalue weighted by molar-refractivity contribution is -0.117. The Morgan fingerprint density at radius 1 is 1.60 bits per heavy atom. The van der Waals surface area contributed by atoms with Crippen LogP contribution in [0.2, 0.25) is 0 Å². The molecule has 0 bridgehead atoms. The Morgan fingerprint density at radius 3 is 2.93 bits per heavy atom. The van der Waals surface area contributed by atoms with Crippen molar-refractivity contribution in [2.24, 2.45) is 0 Å². The van der Waals surface area contributed by atoms with Gasteiger partial charge < -0.3 is 10.1 Å². The van der Waals surface area contributed by atoms with Crippen LogP contribution in [-0.4, -0.2) is 19.6 Å². The van der Waals surface area contributed by atoms with E-state index in [0.717, 1.165) is 13.7 Å². The zero-order valence-corrected chi connectivity index (χ0v) is 12.0. The molecule has 3 nitrogen and oxygen atoms in total. The third-order valence-electron chi connectivity index (χ3n) is 1.74. The summed E-state index contributed by atoms with van der Waals surface area (Å²) in [5.74, 6) is -0.0371. The molecular weight excluding hydrogens is 373 g/mol. The van der Waals surface area contributed by atoms with Crippen molar-refractivity contribution >= 4 is 50.1 Å². The summed E-state index contributed by atoms with van der Waals surface area (Å²) >= 11 is 5.62. The number of ether oxygens (including phenoxy) is 1. The third kappa shape index (κ3) is 4.48. The van der Waals surface area contributed by atoms with Gasteiger partial charge in [-0.1, -0.05) is 0 Å². The van der Waals surface area contributed by atoms with E-state index >= 15 is 0 Å². The van der Waals surface area contributed by atoms with Gasteiger partial charge in [0.2, 0.25) is 5.91 Å². The van der Waals surface area contributed by atoms with Crippen LogP contribution in [0.25, 0.3) is 0 Å². The first-order chi connectivity index (χ1) is 7.13. The fraction of sp³-hybridized carbons (Fsp3) is 0.300. The van der Waals surface area contributed by atoms with Crippen LogP contribution in [-0.2, 0) is 9.53 Å². The molecule has 0 radical (unpaired) electrons. The van der Waals surface area contributed by atoms with Crippen molar-refractivity contribution in [3.8, 4) is 0 Å². The molecule has 1 N–H and O–H groups in total. The Labute approximate surface area is 111 Å². The molecule has 0 aliphatic heterocycles. The second-order valence-corrected chi connectivity index (χ2v) is 4.94. The van der Waals surface area contributed by atoms with Crippen molar-refractivity contribution in [1.82, 2.24) is 0 Å². The Kier molecular flexibility index (Phi) is 5.55. The molecule has 0 spiro atoms. The average Bonchev–Trinajstić information content (AvgIpc) is 2.20. The summed E-state index contributed by atoms with van der Waals surface area (Å²) in [5.41, 5.74) is 0.795. The fourth-order valence-corrected chi connectivity index (χ4v) is 1.71. The minimum atomic E-state index is -0.0371. The summed E-state index contributed by atoms with van der Waals surface area (Å²) in [5, 5.41) is 2.79. The van der Waals surface area contributed by atoms with Gasteiger partial charge in [0.1, 0.15) is 0 Å². The van der Waals surface area contributed by atoms with E-state index in [2.05, 4.69) is 43.8 Å². The number of benzene rings is 1. The molecule has 0 unspecified atom stereocenters. The van der Waals surface area contributed by atoms with E-state index in [9.17, 15) is 4.79 Å². The second-order valence-electron chi connectivity index (χ2n) is 2.92. The lowest BCUT2D eigenvalue weighted by atomic mass is 10.3. The summed E-state index contributed by atoms with van der Waals surface area (Å²) in [6.45, 7) is 0.442. The zero-order valence-electron chi connectivity index (χ0n) is 8.22. The van der Waals surface area contributed by atoms with Gasteiger partial charge in [-0.25, -0.2) is 0 Å². The van der Waals surface area contributed by atoms with Crippen molar-refractivity contribution < 1.29 is 9.53 Å². The highest BCUT2D eigenvalue weighted by molar-refractivity contribution is 14.1.